The summed E-state index contributed by atoms with van der Waals surface area (Å²) in [6.45, 7) is 3.67. The first-order chi connectivity index (χ1) is 14.8. The molecule has 1 amide bonds. The Morgan fingerprint density at radius 2 is 1.97 bits per heavy atom. The highest BCUT2D eigenvalue weighted by molar-refractivity contribution is 5.96. The molecule has 0 bridgehead atoms. The number of hydrogen-bond acceptors (Lipinski definition) is 4. The number of ether oxygens (including phenoxy) is 1. The predicted molar refractivity (Wildman–Crippen MR) is 108 cm³/mol. The molecule has 1 fully saturated rings. The van der Waals surface area contributed by atoms with Crippen LogP contribution < -0.4 is 10.1 Å². The minimum Gasteiger partial charge on any atom is -0.489 e. The van der Waals surface area contributed by atoms with Gasteiger partial charge < -0.3 is 10.1 Å². The SMILES string of the molecule is Cc1ncc(OCC2(c3cccc(F)c3)CC2C(=O)Nc2ccc(F)c(F)c2)c(C)n1. The van der Waals surface area contributed by atoms with Crippen LogP contribution in [0.3, 0.4) is 0 Å². The molecule has 8 heteroatoms. The minimum absolute atomic E-state index is 0.111. The molecule has 0 spiro atoms. The summed E-state index contributed by atoms with van der Waals surface area (Å²) in [4.78, 5) is 21.3. The van der Waals surface area contributed by atoms with Gasteiger partial charge in [0.05, 0.1) is 24.4 Å². The summed E-state index contributed by atoms with van der Waals surface area (Å²) in [6, 6.07) is 9.18. The number of nitrogens with one attached hydrogen (secondary N) is 1. The molecule has 1 aliphatic carbocycles. The van der Waals surface area contributed by atoms with E-state index in [0.717, 1.165) is 12.1 Å². The van der Waals surface area contributed by atoms with E-state index >= 15 is 0 Å². The second-order valence-electron chi connectivity index (χ2n) is 7.70. The van der Waals surface area contributed by atoms with Crippen LogP contribution in [0.2, 0.25) is 0 Å². The van der Waals surface area contributed by atoms with Crippen molar-refractivity contribution in [3.05, 3.63) is 83.2 Å². The second kappa shape index (κ2) is 8.02. The summed E-state index contributed by atoms with van der Waals surface area (Å²) in [7, 11) is 0. The van der Waals surface area contributed by atoms with Crippen LogP contribution in [0.25, 0.3) is 0 Å². The number of halogens is 3. The molecule has 4 rings (SSSR count). The number of benzene rings is 2. The van der Waals surface area contributed by atoms with E-state index in [9.17, 15) is 18.0 Å². The molecule has 0 radical (unpaired) electrons. The smallest absolute Gasteiger partial charge is 0.228 e. The average Bonchev–Trinajstić information content (AvgIpc) is 3.46. The van der Waals surface area contributed by atoms with Crippen LogP contribution in [0.5, 0.6) is 5.75 Å². The highest BCUT2D eigenvalue weighted by Gasteiger charge is 2.60. The number of carbonyl (C=O) groups is 1. The Labute approximate surface area is 177 Å². The molecule has 0 aliphatic heterocycles. The van der Waals surface area contributed by atoms with Crippen LogP contribution in [0, 0.1) is 37.2 Å². The van der Waals surface area contributed by atoms with Crippen LogP contribution in [0.1, 0.15) is 23.5 Å². The number of amides is 1. The molecule has 2 aromatic carbocycles. The summed E-state index contributed by atoms with van der Waals surface area (Å²) in [5.41, 5.74) is 0.670. The van der Waals surface area contributed by atoms with Crippen LogP contribution in [-0.2, 0) is 10.2 Å². The summed E-state index contributed by atoms with van der Waals surface area (Å²) in [5, 5.41) is 2.61. The number of hydrogen-bond donors (Lipinski definition) is 1. The van der Waals surface area contributed by atoms with E-state index in [1.165, 1.54) is 18.2 Å². The standard InChI is InChI=1S/C23H20F3N3O2/c1-13-21(11-27-14(2)28-13)31-12-23(15-4-3-5-16(24)8-15)10-18(23)22(30)29-17-6-7-19(25)20(26)9-17/h3-9,11,18H,10,12H2,1-2H3,(H,29,30). The Hall–Kier alpha value is -3.42. The van der Waals surface area contributed by atoms with Crippen molar-refractivity contribution in [1.29, 1.82) is 0 Å². The molecule has 1 heterocycles. The van der Waals surface area contributed by atoms with Crippen LogP contribution in [-0.4, -0.2) is 22.5 Å². The van der Waals surface area contributed by atoms with Gasteiger partial charge in [0.25, 0.3) is 0 Å². The van der Waals surface area contributed by atoms with Gasteiger partial charge in [-0.15, -0.1) is 0 Å². The molecule has 160 valence electrons. The van der Waals surface area contributed by atoms with Crippen molar-refractivity contribution in [1.82, 2.24) is 9.97 Å². The third-order valence-electron chi connectivity index (χ3n) is 5.52. The molecular weight excluding hydrogens is 407 g/mol. The van der Waals surface area contributed by atoms with E-state index in [-0.39, 0.29) is 18.2 Å². The lowest BCUT2D eigenvalue weighted by Crippen LogP contribution is -2.27. The lowest BCUT2D eigenvalue weighted by Gasteiger charge is -2.20. The van der Waals surface area contributed by atoms with Gasteiger partial charge in [0, 0.05) is 17.2 Å². The van der Waals surface area contributed by atoms with Crippen LogP contribution >= 0.6 is 0 Å². The minimum atomic E-state index is -1.05. The number of rotatable bonds is 6. The van der Waals surface area contributed by atoms with Gasteiger partial charge in [-0.25, -0.2) is 23.1 Å². The first-order valence-electron chi connectivity index (χ1n) is 9.73. The fourth-order valence-electron chi connectivity index (χ4n) is 3.73. The zero-order valence-electron chi connectivity index (χ0n) is 17.0. The van der Waals surface area contributed by atoms with Gasteiger partial charge in [0.15, 0.2) is 17.4 Å². The molecular formula is C23H20F3N3O2. The summed E-state index contributed by atoms with van der Waals surface area (Å²) in [6.07, 6.45) is 1.98. The Morgan fingerprint density at radius 3 is 2.68 bits per heavy atom. The highest BCUT2D eigenvalue weighted by atomic mass is 19.2. The van der Waals surface area contributed by atoms with E-state index in [1.807, 2.05) is 0 Å². The van der Waals surface area contributed by atoms with Crippen molar-refractivity contribution in [2.24, 2.45) is 5.92 Å². The second-order valence-corrected chi connectivity index (χ2v) is 7.70. The van der Waals surface area contributed by atoms with Crippen molar-refractivity contribution >= 4 is 11.6 Å². The maximum absolute atomic E-state index is 13.9. The molecule has 0 saturated heterocycles. The Morgan fingerprint density at radius 1 is 1.16 bits per heavy atom. The van der Waals surface area contributed by atoms with Crippen LogP contribution in [0.4, 0.5) is 18.9 Å². The monoisotopic (exact) mass is 427 g/mol. The molecule has 1 aromatic heterocycles. The zero-order valence-corrected chi connectivity index (χ0v) is 17.0. The van der Waals surface area contributed by atoms with Gasteiger partial charge in [-0.1, -0.05) is 12.1 Å². The Balaban J connectivity index is 1.57. The van der Waals surface area contributed by atoms with E-state index in [2.05, 4.69) is 15.3 Å². The summed E-state index contributed by atoms with van der Waals surface area (Å²) < 4.78 is 46.5. The third kappa shape index (κ3) is 4.23. The maximum atomic E-state index is 13.9. The molecule has 2 unspecified atom stereocenters. The Kier molecular flexibility index (Phi) is 5.39. The molecule has 1 N–H and O–H groups in total. The fraction of sp³-hybridized carbons (Fsp3) is 0.261. The van der Waals surface area contributed by atoms with E-state index in [0.29, 0.717) is 29.3 Å². The van der Waals surface area contributed by atoms with Gasteiger partial charge >= 0.3 is 0 Å². The number of carbonyl (C=O) groups excluding carboxylic acids is 1. The van der Waals surface area contributed by atoms with Crippen molar-refractivity contribution in [3.63, 3.8) is 0 Å². The number of anilines is 1. The van der Waals surface area contributed by atoms with Gasteiger partial charge in [0.2, 0.25) is 5.91 Å². The predicted octanol–water partition coefficient (Wildman–Crippen LogP) is 4.49. The molecule has 2 atom stereocenters. The van der Waals surface area contributed by atoms with Gasteiger partial charge in [0.1, 0.15) is 11.6 Å². The quantitative estimate of drug-likeness (QED) is 0.630. The first-order valence-corrected chi connectivity index (χ1v) is 9.73. The summed E-state index contributed by atoms with van der Waals surface area (Å²) in [5.74, 6) is -2.29. The van der Waals surface area contributed by atoms with Gasteiger partial charge in [-0.3, -0.25) is 4.79 Å². The number of aryl methyl sites for hydroxylation is 2. The number of nitrogens with zero attached hydrogens (tertiary/aromatic N) is 2. The lowest BCUT2D eigenvalue weighted by molar-refractivity contribution is -0.117. The van der Waals surface area contributed by atoms with Crippen molar-refractivity contribution in [2.45, 2.75) is 25.7 Å². The number of aromatic nitrogens is 2. The lowest BCUT2D eigenvalue weighted by atomic mass is 9.93. The maximum Gasteiger partial charge on any atom is 0.228 e. The molecule has 1 saturated carbocycles. The van der Waals surface area contributed by atoms with Crippen molar-refractivity contribution < 1.29 is 22.7 Å². The van der Waals surface area contributed by atoms with E-state index in [1.54, 1.807) is 32.2 Å². The molecule has 5 nitrogen and oxygen atoms in total. The highest BCUT2D eigenvalue weighted by Crippen LogP contribution is 2.55. The van der Waals surface area contributed by atoms with E-state index < -0.39 is 28.8 Å². The third-order valence-corrected chi connectivity index (χ3v) is 5.52. The first kappa shape index (κ1) is 20.8. The molecule has 1 aliphatic rings. The van der Waals surface area contributed by atoms with Crippen molar-refractivity contribution in [2.75, 3.05) is 11.9 Å². The van der Waals surface area contributed by atoms with Gasteiger partial charge in [-0.2, -0.15) is 0 Å². The van der Waals surface area contributed by atoms with Gasteiger partial charge in [-0.05, 0) is 50.1 Å². The average molecular weight is 427 g/mol. The van der Waals surface area contributed by atoms with E-state index in [4.69, 9.17) is 4.74 Å². The topological polar surface area (TPSA) is 64.1 Å². The van der Waals surface area contributed by atoms with Crippen molar-refractivity contribution in [3.8, 4) is 5.75 Å². The Bertz CT molecular complexity index is 1150. The van der Waals surface area contributed by atoms with Crippen LogP contribution in [0.15, 0.2) is 48.7 Å². The molecule has 31 heavy (non-hydrogen) atoms. The fourth-order valence-corrected chi connectivity index (χ4v) is 3.73. The molecule has 3 aromatic rings. The zero-order chi connectivity index (χ0) is 22.2. The normalized spacial score (nSPS) is 19.7. The summed E-state index contributed by atoms with van der Waals surface area (Å²) >= 11 is 0. The largest absolute Gasteiger partial charge is 0.489 e.